The SMILES string of the molecule is Cn1nccc1CN1C[C@H](C(=O)NC2CC2)[C@H]2OCC[C@H]21. The van der Waals surface area contributed by atoms with Crippen molar-refractivity contribution in [3.63, 3.8) is 0 Å². The molecule has 114 valence electrons. The lowest BCUT2D eigenvalue weighted by atomic mass is 10.0. The van der Waals surface area contributed by atoms with Crippen LogP contribution in [0.15, 0.2) is 12.3 Å². The fourth-order valence-electron chi connectivity index (χ4n) is 3.58. The summed E-state index contributed by atoms with van der Waals surface area (Å²) in [6, 6.07) is 2.83. The normalized spacial score (nSPS) is 32.3. The van der Waals surface area contributed by atoms with E-state index in [9.17, 15) is 4.79 Å². The van der Waals surface area contributed by atoms with Crippen LogP contribution < -0.4 is 5.32 Å². The zero-order valence-electron chi connectivity index (χ0n) is 12.4. The topological polar surface area (TPSA) is 59.4 Å². The standard InChI is InChI=1S/C15H22N4O2/c1-18-11(4-6-16-18)8-19-9-12(14-13(19)5-7-21-14)15(20)17-10-2-3-10/h4,6,10,12-14H,2-3,5,7-9H2,1H3,(H,17,20)/t12-,13+,14+/m0/s1. The summed E-state index contributed by atoms with van der Waals surface area (Å²) in [6.45, 7) is 2.40. The van der Waals surface area contributed by atoms with E-state index >= 15 is 0 Å². The van der Waals surface area contributed by atoms with E-state index in [4.69, 9.17) is 4.74 Å². The zero-order chi connectivity index (χ0) is 14.4. The van der Waals surface area contributed by atoms with Crippen LogP contribution in [0.4, 0.5) is 0 Å². The monoisotopic (exact) mass is 290 g/mol. The van der Waals surface area contributed by atoms with Crippen molar-refractivity contribution in [1.29, 1.82) is 0 Å². The highest BCUT2D eigenvalue weighted by molar-refractivity contribution is 5.80. The van der Waals surface area contributed by atoms with Crippen molar-refractivity contribution in [3.05, 3.63) is 18.0 Å². The molecule has 2 aliphatic heterocycles. The Hall–Kier alpha value is -1.40. The Labute approximate surface area is 124 Å². The molecule has 1 aliphatic carbocycles. The number of carbonyl (C=O) groups is 1. The summed E-state index contributed by atoms with van der Waals surface area (Å²) in [5.74, 6) is 0.160. The van der Waals surface area contributed by atoms with Crippen LogP contribution in [0, 0.1) is 5.92 Å². The predicted octanol–water partition coefficient (Wildman–Crippen LogP) is 0.288. The number of fused-ring (bicyclic) bond motifs is 1. The number of amides is 1. The molecule has 4 rings (SSSR count). The number of carbonyl (C=O) groups excluding carboxylic acids is 1. The highest BCUT2D eigenvalue weighted by atomic mass is 16.5. The van der Waals surface area contributed by atoms with Crippen LogP contribution in [0.2, 0.25) is 0 Å². The van der Waals surface area contributed by atoms with Gasteiger partial charge in [-0.2, -0.15) is 5.10 Å². The molecule has 1 aromatic heterocycles. The molecule has 2 saturated heterocycles. The van der Waals surface area contributed by atoms with Gasteiger partial charge in [0.25, 0.3) is 0 Å². The van der Waals surface area contributed by atoms with E-state index in [1.54, 1.807) is 0 Å². The first-order valence-corrected chi connectivity index (χ1v) is 7.85. The summed E-state index contributed by atoms with van der Waals surface area (Å²) in [4.78, 5) is 14.8. The van der Waals surface area contributed by atoms with Gasteiger partial charge in [0.1, 0.15) is 0 Å². The van der Waals surface area contributed by atoms with Gasteiger partial charge in [0.2, 0.25) is 5.91 Å². The van der Waals surface area contributed by atoms with Gasteiger partial charge in [0.05, 0.1) is 17.7 Å². The number of ether oxygens (including phenoxy) is 1. The summed E-state index contributed by atoms with van der Waals surface area (Å²) < 4.78 is 7.77. The van der Waals surface area contributed by atoms with Gasteiger partial charge in [0, 0.05) is 45.0 Å². The number of hydrogen-bond donors (Lipinski definition) is 1. The van der Waals surface area contributed by atoms with Gasteiger partial charge in [-0.05, 0) is 25.3 Å². The summed E-state index contributed by atoms with van der Waals surface area (Å²) in [5.41, 5.74) is 1.18. The summed E-state index contributed by atoms with van der Waals surface area (Å²) in [6.07, 6.45) is 5.18. The Balaban J connectivity index is 1.47. The third kappa shape index (κ3) is 2.46. The number of aromatic nitrogens is 2. The van der Waals surface area contributed by atoms with E-state index in [0.29, 0.717) is 12.1 Å². The molecule has 0 unspecified atom stereocenters. The summed E-state index contributed by atoms with van der Waals surface area (Å²) in [7, 11) is 1.96. The average Bonchev–Trinajstić information content (AvgIpc) is 2.87. The van der Waals surface area contributed by atoms with Crippen molar-refractivity contribution in [2.75, 3.05) is 13.2 Å². The van der Waals surface area contributed by atoms with E-state index in [-0.39, 0.29) is 17.9 Å². The summed E-state index contributed by atoms with van der Waals surface area (Å²) in [5, 5.41) is 7.36. The third-order valence-electron chi connectivity index (χ3n) is 4.95. The van der Waals surface area contributed by atoms with Gasteiger partial charge >= 0.3 is 0 Å². The molecular formula is C15H22N4O2. The number of aryl methyl sites for hydroxylation is 1. The molecule has 3 atom stereocenters. The van der Waals surface area contributed by atoms with Crippen LogP contribution >= 0.6 is 0 Å². The molecule has 6 heteroatoms. The van der Waals surface area contributed by atoms with Crippen molar-refractivity contribution in [3.8, 4) is 0 Å². The molecule has 0 aromatic carbocycles. The van der Waals surface area contributed by atoms with Crippen LogP contribution in [0.1, 0.15) is 25.0 Å². The number of nitrogens with one attached hydrogen (secondary N) is 1. The maximum absolute atomic E-state index is 12.4. The van der Waals surface area contributed by atoms with Gasteiger partial charge in [-0.3, -0.25) is 14.4 Å². The Morgan fingerprint density at radius 2 is 2.33 bits per heavy atom. The average molecular weight is 290 g/mol. The first-order chi connectivity index (χ1) is 10.2. The van der Waals surface area contributed by atoms with Gasteiger partial charge in [-0.25, -0.2) is 0 Å². The first-order valence-electron chi connectivity index (χ1n) is 7.85. The minimum Gasteiger partial charge on any atom is -0.376 e. The molecule has 0 radical (unpaired) electrons. The lowest BCUT2D eigenvalue weighted by Crippen LogP contribution is -2.39. The number of rotatable bonds is 4. The lowest BCUT2D eigenvalue weighted by molar-refractivity contribution is -0.127. The molecular weight excluding hydrogens is 268 g/mol. The van der Waals surface area contributed by atoms with E-state index < -0.39 is 0 Å². The van der Waals surface area contributed by atoms with Gasteiger partial charge in [0.15, 0.2) is 0 Å². The maximum Gasteiger partial charge on any atom is 0.227 e. The fourth-order valence-corrected chi connectivity index (χ4v) is 3.58. The highest BCUT2D eigenvalue weighted by Crippen LogP contribution is 2.35. The van der Waals surface area contributed by atoms with E-state index in [0.717, 1.165) is 39.0 Å². The largest absolute Gasteiger partial charge is 0.376 e. The van der Waals surface area contributed by atoms with Crippen molar-refractivity contribution in [1.82, 2.24) is 20.0 Å². The number of hydrogen-bond acceptors (Lipinski definition) is 4. The lowest BCUT2D eigenvalue weighted by Gasteiger charge is -2.21. The summed E-state index contributed by atoms with van der Waals surface area (Å²) >= 11 is 0. The van der Waals surface area contributed by atoms with Crippen molar-refractivity contribution in [2.24, 2.45) is 13.0 Å². The second kappa shape index (κ2) is 5.10. The minimum absolute atomic E-state index is 0.0219. The quantitative estimate of drug-likeness (QED) is 0.866. The number of likely N-dealkylation sites (tertiary alicyclic amines) is 1. The van der Waals surface area contributed by atoms with E-state index in [2.05, 4.69) is 15.3 Å². The molecule has 3 fully saturated rings. The van der Waals surface area contributed by atoms with Gasteiger partial charge in [-0.1, -0.05) is 0 Å². The maximum atomic E-state index is 12.4. The van der Waals surface area contributed by atoms with Crippen LogP contribution in [0.25, 0.3) is 0 Å². The highest BCUT2D eigenvalue weighted by Gasteiger charge is 2.49. The van der Waals surface area contributed by atoms with E-state index in [1.165, 1.54) is 5.69 Å². The minimum atomic E-state index is -0.0219. The van der Waals surface area contributed by atoms with Gasteiger partial charge < -0.3 is 10.1 Å². The first kappa shape index (κ1) is 13.3. The van der Waals surface area contributed by atoms with Gasteiger partial charge in [-0.15, -0.1) is 0 Å². The van der Waals surface area contributed by atoms with Crippen molar-refractivity contribution >= 4 is 5.91 Å². The van der Waals surface area contributed by atoms with Crippen LogP contribution in [0.3, 0.4) is 0 Å². The Bertz CT molecular complexity index is 540. The molecule has 3 heterocycles. The Morgan fingerprint density at radius 1 is 1.48 bits per heavy atom. The molecule has 1 aromatic rings. The molecule has 1 N–H and O–H groups in total. The van der Waals surface area contributed by atoms with Crippen LogP contribution in [-0.2, 0) is 23.1 Å². The molecule has 6 nitrogen and oxygen atoms in total. The van der Waals surface area contributed by atoms with Crippen LogP contribution in [0.5, 0.6) is 0 Å². The number of nitrogens with zero attached hydrogens (tertiary/aromatic N) is 3. The third-order valence-corrected chi connectivity index (χ3v) is 4.95. The Morgan fingerprint density at radius 3 is 3.05 bits per heavy atom. The molecule has 3 aliphatic rings. The Kier molecular flexibility index (Phi) is 3.23. The fraction of sp³-hybridized carbons (Fsp3) is 0.733. The molecule has 0 spiro atoms. The predicted molar refractivity (Wildman–Crippen MR) is 76.4 cm³/mol. The van der Waals surface area contributed by atoms with E-state index in [1.807, 2.05) is 24.0 Å². The molecule has 0 bridgehead atoms. The second-order valence-electron chi connectivity index (χ2n) is 6.46. The van der Waals surface area contributed by atoms with Crippen molar-refractivity contribution < 1.29 is 9.53 Å². The molecule has 1 amide bonds. The second-order valence-corrected chi connectivity index (χ2v) is 6.46. The van der Waals surface area contributed by atoms with Crippen LogP contribution in [-0.4, -0.2) is 51.9 Å². The smallest absolute Gasteiger partial charge is 0.227 e. The molecule has 21 heavy (non-hydrogen) atoms. The zero-order valence-corrected chi connectivity index (χ0v) is 12.4. The molecule has 1 saturated carbocycles. The van der Waals surface area contributed by atoms with Crippen molar-refractivity contribution in [2.45, 2.75) is 44.0 Å².